The molecule has 0 aromatic rings. The molecule has 0 aliphatic heterocycles. The Balaban J connectivity index is -0.000000104. The lowest BCUT2D eigenvalue weighted by molar-refractivity contribution is -0.882. The van der Waals surface area contributed by atoms with Crippen molar-refractivity contribution in [1.82, 2.24) is 26.2 Å². The van der Waals surface area contributed by atoms with Crippen molar-refractivity contribution in [2.45, 2.75) is 219 Å². The molecule has 634 valence electrons. The van der Waals surface area contributed by atoms with Crippen LogP contribution in [0.1, 0.15) is 104 Å². The van der Waals surface area contributed by atoms with E-state index in [2.05, 4.69) is 120 Å². The summed E-state index contributed by atoms with van der Waals surface area (Å²) in [5, 5.41) is 11.1. The molecular weight excluding hydrogens is 1570 g/mol. The number of halogens is 6. The van der Waals surface area contributed by atoms with Crippen molar-refractivity contribution in [2.75, 3.05) is 152 Å². The molecule has 0 aliphatic rings. The summed E-state index contributed by atoms with van der Waals surface area (Å²) in [6.07, 6.45) is 5.74. The van der Waals surface area contributed by atoms with E-state index in [0.717, 1.165) is 82.3 Å². The predicted molar refractivity (Wildman–Crippen MR) is 458 cm³/mol. The zero-order valence-electron chi connectivity index (χ0n) is 64.6. The lowest BCUT2D eigenvalue weighted by Gasteiger charge is -2.34. The maximum atomic E-state index is 12.5. The Kier molecular flexibility index (Phi) is 89.4. The van der Waals surface area contributed by atoms with E-state index in [-0.39, 0.29) is 130 Å². The van der Waals surface area contributed by atoms with E-state index in [4.69, 9.17) is 84.4 Å². The number of quaternary nitrogens is 2. The molecule has 0 fully saturated rings. The number of esters is 3. The molecular formula is C70H159Cl6N9O14Si6. The number of hydrogen-bond donors (Lipinski definition) is 6. The van der Waals surface area contributed by atoms with Gasteiger partial charge in [0, 0.05) is 49.4 Å². The number of nitrogens with zero attached hydrogens (tertiary/aromatic N) is 3. The second-order valence-corrected chi connectivity index (χ2v) is 57.2. The Morgan fingerprint density at radius 3 is 0.800 bits per heavy atom. The van der Waals surface area contributed by atoms with Gasteiger partial charge in [-0.05, 0) is 213 Å². The largest absolute Gasteiger partial charge is 1.00 e. The molecule has 0 unspecified atom stereocenters. The first-order valence-corrected chi connectivity index (χ1v) is 54.2. The fourth-order valence-corrected chi connectivity index (χ4v) is 36.0. The third-order valence-corrected chi connectivity index (χ3v) is 37.5. The third kappa shape index (κ3) is 90.7. The average Bonchev–Trinajstić information content (AvgIpc) is 0.883. The second-order valence-electron chi connectivity index (χ2n) is 29.4. The summed E-state index contributed by atoms with van der Waals surface area (Å²) in [6, 6.07) is 6.28. The van der Waals surface area contributed by atoms with Crippen LogP contribution in [0.3, 0.4) is 0 Å². The maximum Gasteiger partial charge on any atom is 0.333 e. The molecule has 23 nitrogen and oxygen atoms in total. The van der Waals surface area contributed by atoms with Gasteiger partial charge in [0.25, 0.3) is 11.8 Å². The number of hydrogen-bond acceptors (Lipinski definition) is 17. The first-order valence-electron chi connectivity index (χ1n) is 33.5. The van der Waals surface area contributed by atoms with Gasteiger partial charge < -0.3 is 98.0 Å². The van der Waals surface area contributed by atoms with Crippen LogP contribution in [-0.2, 0) is 64.9 Å². The van der Waals surface area contributed by atoms with Crippen molar-refractivity contribution in [1.29, 1.82) is 0 Å². The average molecular weight is 1730 g/mol. The molecule has 0 rings (SSSR count). The minimum atomic E-state index is -1.92. The molecule has 4 amide bonds. The Morgan fingerprint density at radius 1 is 0.400 bits per heavy atom. The van der Waals surface area contributed by atoms with Crippen molar-refractivity contribution >= 4 is 143 Å². The predicted octanol–water partition coefficient (Wildman–Crippen LogP) is 7.31. The molecule has 0 atom stereocenters. The maximum absolute atomic E-state index is 12.5. The normalized spacial score (nSPS) is 11.0. The van der Waals surface area contributed by atoms with Gasteiger partial charge >= 0.3 is 17.9 Å². The quantitative estimate of drug-likeness (QED) is 0.00508. The van der Waals surface area contributed by atoms with Gasteiger partial charge in [0.05, 0.1) is 34.1 Å². The number of alkyl halides is 3. The zero-order valence-corrected chi connectivity index (χ0v) is 75.1. The number of carbonyl (C=O) groups excluding carboxylic acids is 8. The first-order chi connectivity index (χ1) is 44.3. The molecule has 0 heterocycles. The summed E-state index contributed by atoms with van der Waals surface area (Å²) in [7, 11) is 1.33. The molecule has 0 aromatic carbocycles. The van der Waals surface area contributed by atoms with Crippen LogP contribution in [0.4, 0.5) is 0 Å². The molecule has 0 aromatic heterocycles. The van der Waals surface area contributed by atoms with Crippen molar-refractivity contribution in [3.8, 4) is 0 Å². The molecule has 105 heavy (non-hydrogen) atoms. The van der Waals surface area contributed by atoms with Crippen LogP contribution in [0.2, 0.25) is 115 Å². The highest BCUT2D eigenvalue weighted by atomic mass is 35.5. The van der Waals surface area contributed by atoms with Crippen molar-refractivity contribution in [3.63, 3.8) is 0 Å². The van der Waals surface area contributed by atoms with E-state index < -0.39 is 67.1 Å². The van der Waals surface area contributed by atoms with E-state index in [0.29, 0.717) is 84.7 Å². The van der Waals surface area contributed by atoms with Crippen LogP contribution >= 0.6 is 46.4 Å². The van der Waals surface area contributed by atoms with E-state index in [1.807, 2.05) is 47.2 Å². The Bertz CT molecular complexity index is 2230. The summed E-state index contributed by atoms with van der Waals surface area (Å²) in [5.74, 6) is -1.51. The van der Waals surface area contributed by atoms with Crippen LogP contribution < -0.4 is 57.5 Å². The SMILES string of the molecule is C.C.C.C.C.C.C=C(C)C(=O)OCCN(C)C.C=C(C)C(=O)OCC[N+](C)(C)CC(=O)NCCC[Si](C)(C)O[Si](C)(C)CCCNC(=O)C[N+](C)(C)CCOC(=O)C(=C)C.C[Si](C)(CCCN)O[Si](C)(C)CCCN.C[Si](C)(CCCNC(=O)CCl)O[Si](C)(C)CCCNC(=O)CCl.O=C(Cl)CCl.[Cl-].[Cl-]. The second kappa shape index (κ2) is 71.0. The third-order valence-electron chi connectivity index (χ3n) is 13.9. The van der Waals surface area contributed by atoms with Crippen LogP contribution in [0, 0.1) is 0 Å². The van der Waals surface area contributed by atoms with Gasteiger partial charge in [-0.1, -0.05) is 64.3 Å². The summed E-state index contributed by atoms with van der Waals surface area (Å²) >= 11 is 20.4. The van der Waals surface area contributed by atoms with Gasteiger partial charge in [-0.2, -0.15) is 0 Å². The summed E-state index contributed by atoms with van der Waals surface area (Å²) in [6.45, 7) is 49.9. The van der Waals surface area contributed by atoms with Gasteiger partial charge in [0.2, 0.25) is 17.1 Å². The van der Waals surface area contributed by atoms with E-state index in [9.17, 15) is 38.4 Å². The number of ether oxygens (including phenoxy) is 3. The lowest BCUT2D eigenvalue weighted by atomic mass is 10.3. The molecule has 0 bridgehead atoms. The monoisotopic (exact) mass is 1730 g/mol. The van der Waals surface area contributed by atoms with E-state index in [1.54, 1.807) is 20.8 Å². The van der Waals surface area contributed by atoms with Crippen molar-refractivity contribution in [3.05, 3.63) is 36.5 Å². The van der Waals surface area contributed by atoms with Gasteiger partial charge in [-0.15, -0.1) is 34.8 Å². The number of rotatable bonds is 47. The van der Waals surface area contributed by atoms with Gasteiger partial charge in [0.1, 0.15) is 44.7 Å². The number of likely N-dealkylation sites (N-methyl/N-ethyl adjacent to an activating group) is 3. The van der Waals surface area contributed by atoms with Crippen LogP contribution in [0.25, 0.3) is 0 Å². The number of carbonyl (C=O) groups is 8. The number of amides is 4. The molecule has 0 radical (unpaired) electrons. The van der Waals surface area contributed by atoms with Gasteiger partial charge in [-0.3, -0.25) is 24.0 Å². The highest BCUT2D eigenvalue weighted by molar-refractivity contribution is 6.86. The smallest absolute Gasteiger partial charge is 0.333 e. The Labute approximate surface area is 681 Å². The Morgan fingerprint density at radius 2 is 0.610 bits per heavy atom. The topological polar surface area (TPSA) is 295 Å². The fraction of sp³-hybridized carbons (Fsp3) is 0.800. The molecule has 35 heteroatoms. The Hall–Kier alpha value is -2.10. The molecule has 0 saturated heterocycles. The summed E-state index contributed by atoms with van der Waals surface area (Å²) in [5.41, 5.74) is 12.3. The van der Waals surface area contributed by atoms with Crippen molar-refractivity contribution in [2.24, 2.45) is 11.5 Å². The molecule has 0 spiro atoms. The molecule has 0 saturated carbocycles. The minimum Gasteiger partial charge on any atom is -1.00 e. The highest BCUT2D eigenvalue weighted by Gasteiger charge is 2.35. The van der Waals surface area contributed by atoms with Crippen LogP contribution in [0.15, 0.2) is 36.5 Å². The highest BCUT2D eigenvalue weighted by Crippen LogP contribution is 2.26. The molecule has 0 aliphatic carbocycles. The number of nitrogens with one attached hydrogen (secondary N) is 4. The van der Waals surface area contributed by atoms with Gasteiger partial charge in [0.15, 0.2) is 63.0 Å². The first kappa shape index (κ1) is 132. The van der Waals surface area contributed by atoms with Crippen LogP contribution in [-0.4, -0.2) is 262 Å². The summed E-state index contributed by atoms with van der Waals surface area (Å²) in [4.78, 5) is 92.4. The van der Waals surface area contributed by atoms with E-state index in [1.165, 1.54) is 12.1 Å². The van der Waals surface area contributed by atoms with Crippen molar-refractivity contribution < 1.29 is 98.7 Å². The van der Waals surface area contributed by atoms with Gasteiger partial charge in [-0.25, -0.2) is 14.4 Å². The van der Waals surface area contributed by atoms with E-state index >= 15 is 0 Å². The fourth-order valence-electron chi connectivity index (χ4n) is 9.18. The zero-order chi connectivity index (χ0) is 76.5. The minimum absolute atomic E-state index is 0. The molecule has 8 N–H and O–H groups in total. The lowest BCUT2D eigenvalue weighted by Crippen LogP contribution is -3.00. The van der Waals surface area contributed by atoms with Crippen LogP contribution in [0.5, 0.6) is 0 Å². The standard InChI is InChI=1S/C30H58N4O7Si2.C14H30Cl2N2O3Si2.C10H28N2OSi2.C8H15NO2.C2H2Cl2O.6CH4.2ClH/c1-25(2)29(37)39-19-17-33(5,6)23-27(35)31-15-13-21-42(9,10)41-43(11,12)22-14-16-32-28(36)24-34(7,8)18-20-40-30(38)26(3)4;1-22(2,9-5-7-17-13(19)11-15)21-23(3,4)10-6-8-18-14(20)12-16;1-14(2,9-5-7-11)13-15(3,4)10-6-8-12;1-7(2)8(10)11-6-5-9(3)4;3-1-2(4)5;;;;;;;;/h1,3,13-24H2,2,4-12H3;5-12H2,1-4H3,(H,17,19)(H,18,20);5-12H2,1-4H3;1,5-6H2,2-4H3;1H2;6*1H4;2*1H. The number of nitrogens with two attached hydrogens (primary N) is 2. The summed E-state index contributed by atoms with van der Waals surface area (Å²) < 4.78 is 35.6.